The monoisotopic (exact) mass is 309 g/mol. The SMILES string of the molecule is Cc1ccc(-c2noc(CCC(=O)Nc3ncccn3)n2)cc1. The van der Waals surface area contributed by atoms with E-state index in [4.69, 9.17) is 4.52 Å². The van der Waals surface area contributed by atoms with Gasteiger partial charge >= 0.3 is 0 Å². The molecule has 1 N–H and O–H groups in total. The highest BCUT2D eigenvalue weighted by atomic mass is 16.5. The molecule has 116 valence electrons. The van der Waals surface area contributed by atoms with Crippen LogP contribution < -0.4 is 5.32 Å². The lowest BCUT2D eigenvalue weighted by Gasteiger charge is -2.00. The molecule has 0 bridgehead atoms. The van der Waals surface area contributed by atoms with Crippen LogP contribution in [0.15, 0.2) is 47.2 Å². The number of carbonyl (C=O) groups is 1. The maximum absolute atomic E-state index is 11.8. The van der Waals surface area contributed by atoms with Gasteiger partial charge in [-0.05, 0) is 13.0 Å². The van der Waals surface area contributed by atoms with Crippen LogP contribution in [0, 0.1) is 6.92 Å². The van der Waals surface area contributed by atoms with Gasteiger partial charge in [0.1, 0.15) is 0 Å². The molecule has 1 amide bonds. The first-order valence-corrected chi connectivity index (χ1v) is 7.17. The maximum Gasteiger partial charge on any atom is 0.229 e. The molecule has 7 heteroatoms. The number of rotatable bonds is 5. The molecule has 0 spiro atoms. The average molecular weight is 309 g/mol. The molecule has 2 heterocycles. The minimum Gasteiger partial charge on any atom is -0.339 e. The van der Waals surface area contributed by atoms with Crippen LogP contribution in [0.2, 0.25) is 0 Å². The normalized spacial score (nSPS) is 10.5. The summed E-state index contributed by atoms with van der Waals surface area (Å²) in [6.07, 6.45) is 3.70. The fourth-order valence-corrected chi connectivity index (χ4v) is 1.95. The number of carbonyl (C=O) groups excluding carboxylic acids is 1. The van der Waals surface area contributed by atoms with E-state index in [0.29, 0.717) is 18.1 Å². The van der Waals surface area contributed by atoms with E-state index < -0.39 is 0 Å². The second-order valence-electron chi connectivity index (χ2n) is 5.00. The van der Waals surface area contributed by atoms with E-state index in [9.17, 15) is 4.79 Å². The molecule has 3 rings (SSSR count). The molecule has 0 unspecified atom stereocenters. The molecular formula is C16H15N5O2. The van der Waals surface area contributed by atoms with Gasteiger partial charge < -0.3 is 4.52 Å². The first-order chi connectivity index (χ1) is 11.2. The van der Waals surface area contributed by atoms with Crippen molar-refractivity contribution in [2.24, 2.45) is 0 Å². The van der Waals surface area contributed by atoms with E-state index >= 15 is 0 Å². The van der Waals surface area contributed by atoms with Crippen LogP contribution >= 0.6 is 0 Å². The standard InChI is InChI=1S/C16H15N5O2/c1-11-3-5-12(6-4-11)15-20-14(23-21-15)8-7-13(22)19-16-17-9-2-10-18-16/h2-6,9-10H,7-8H2,1H3,(H,17,18,19,22). The Morgan fingerprint density at radius 2 is 1.91 bits per heavy atom. The number of hydrogen-bond acceptors (Lipinski definition) is 6. The van der Waals surface area contributed by atoms with Crippen molar-refractivity contribution in [2.75, 3.05) is 5.32 Å². The lowest BCUT2D eigenvalue weighted by atomic mass is 10.1. The zero-order chi connectivity index (χ0) is 16.1. The largest absolute Gasteiger partial charge is 0.339 e. The van der Waals surface area contributed by atoms with Crippen LogP contribution in [0.3, 0.4) is 0 Å². The number of aromatic nitrogens is 4. The summed E-state index contributed by atoms with van der Waals surface area (Å²) in [5, 5.41) is 6.54. The Balaban J connectivity index is 1.57. The van der Waals surface area contributed by atoms with Crippen molar-refractivity contribution < 1.29 is 9.32 Å². The van der Waals surface area contributed by atoms with Gasteiger partial charge in [0.05, 0.1) is 0 Å². The van der Waals surface area contributed by atoms with E-state index in [1.807, 2.05) is 31.2 Å². The quantitative estimate of drug-likeness (QED) is 0.778. The van der Waals surface area contributed by atoms with Gasteiger partial charge in [0.15, 0.2) is 0 Å². The molecule has 23 heavy (non-hydrogen) atoms. The molecule has 0 aliphatic rings. The molecule has 0 saturated heterocycles. The van der Waals surface area contributed by atoms with Gasteiger partial charge in [-0.15, -0.1) is 0 Å². The summed E-state index contributed by atoms with van der Waals surface area (Å²) >= 11 is 0. The Kier molecular flexibility index (Phi) is 4.37. The summed E-state index contributed by atoms with van der Waals surface area (Å²) in [7, 11) is 0. The van der Waals surface area contributed by atoms with E-state index in [1.165, 1.54) is 0 Å². The summed E-state index contributed by atoms with van der Waals surface area (Å²) in [6.45, 7) is 2.01. The van der Waals surface area contributed by atoms with Gasteiger partial charge in [0.2, 0.25) is 23.6 Å². The Morgan fingerprint density at radius 1 is 1.17 bits per heavy atom. The van der Waals surface area contributed by atoms with Crippen LogP contribution in [0.4, 0.5) is 5.95 Å². The Hall–Kier alpha value is -3.09. The molecule has 0 radical (unpaired) electrons. The second kappa shape index (κ2) is 6.78. The van der Waals surface area contributed by atoms with Gasteiger partial charge in [-0.2, -0.15) is 4.98 Å². The number of amides is 1. The molecule has 2 aromatic heterocycles. The number of benzene rings is 1. The van der Waals surface area contributed by atoms with E-state index in [0.717, 1.165) is 11.1 Å². The molecule has 0 aliphatic carbocycles. The number of anilines is 1. The third kappa shape index (κ3) is 3.97. The third-order valence-corrected chi connectivity index (χ3v) is 3.16. The van der Waals surface area contributed by atoms with Gasteiger partial charge in [-0.3, -0.25) is 10.1 Å². The predicted molar refractivity (Wildman–Crippen MR) is 83.5 cm³/mol. The fraction of sp³-hybridized carbons (Fsp3) is 0.188. The van der Waals surface area contributed by atoms with Crippen LogP contribution in [-0.2, 0) is 11.2 Å². The summed E-state index contributed by atoms with van der Waals surface area (Å²) in [4.78, 5) is 24.0. The molecule has 0 saturated carbocycles. The van der Waals surface area contributed by atoms with Gasteiger partial charge in [-0.25, -0.2) is 9.97 Å². The number of nitrogens with one attached hydrogen (secondary N) is 1. The zero-order valence-electron chi connectivity index (χ0n) is 12.6. The highest BCUT2D eigenvalue weighted by Crippen LogP contribution is 2.16. The lowest BCUT2D eigenvalue weighted by molar-refractivity contribution is -0.116. The molecular weight excluding hydrogens is 294 g/mol. The van der Waals surface area contributed by atoms with Crippen LogP contribution in [-0.4, -0.2) is 26.0 Å². The van der Waals surface area contributed by atoms with Crippen LogP contribution in [0.1, 0.15) is 17.9 Å². The van der Waals surface area contributed by atoms with Gasteiger partial charge in [0.25, 0.3) is 0 Å². The highest BCUT2D eigenvalue weighted by molar-refractivity contribution is 5.88. The van der Waals surface area contributed by atoms with Crippen molar-refractivity contribution in [1.29, 1.82) is 0 Å². The minimum atomic E-state index is -0.203. The molecule has 0 aliphatic heterocycles. The van der Waals surface area contributed by atoms with Crippen molar-refractivity contribution >= 4 is 11.9 Å². The summed E-state index contributed by atoms with van der Waals surface area (Å²) in [5.41, 5.74) is 2.05. The smallest absolute Gasteiger partial charge is 0.229 e. The molecule has 0 atom stereocenters. The van der Waals surface area contributed by atoms with Crippen molar-refractivity contribution in [1.82, 2.24) is 20.1 Å². The van der Waals surface area contributed by atoms with E-state index in [-0.39, 0.29) is 18.3 Å². The Labute approximate surface area is 132 Å². The zero-order valence-corrected chi connectivity index (χ0v) is 12.6. The maximum atomic E-state index is 11.8. The van der Waals surface area contributed by atoms with Crippen molar-refractivity contribution in [3.8, 4) is 11.4 Å². The van der Waals surface area contributed by atoms with Crippen molar-refractivity contribution in [3.63, 3.8) is 0 Å². The van der Waals surface area contributed by atoms with E-state index in [2.05, 4.69) is 25.4 Å². The first-order valence-electron chi connectivity index (χ1n) is 7.17. The third-order valence-electron chi connectivity index (χ3n) is 3.16. The second-order valence-corrected chi connectivity index (χ2v) is 5.00. The first kappa shape index (κ1) is 14.8. The number of aryl methyl sites for hydroxylation is 2. The van der Waals surface area contributed by atoms with Crippen molar-refractivity contribution in [2.45, 2.75) is 19.8 Å². The molecule has 0 fully saturated rings. The predicted octanol–water partition coefficient (Wildman–Crippen LogP) is 2.41. The van der Waals surface area contributed by atoms with Crippen LogP contribution in [0.25, 0.3) is 11.4 Å². The molecule has 1 aromatic carbocycles. The van der Waals surface area contributed by atoms with Crippen molar-refractivity contribution in [3.05, 3.63) is 54.2 Å². The lowest BCUT2D eigenvalue weighted by Crippen LogP contribution is -2.14. The topological polar surface area (TPSA) is 93.8 Å². The minimum absolute atomic E-state index is 0.203. The van der Waals surface area contributed by atoms with Gasteiger partial charge in [-0.1, -0.05) is 35.0 Å². The average Bonchev–Trinajstić information content (AvgIpc) is 3.04. The van der Waals surface area contributed by atoms with Crippen LogP contribution in [0.5, 0.6) is 0 Å². The number of nitrogens with zero attached hydrogens (tertiary/aromatic N) is 4. The van der Waals surface area contributed by atoms with E-state index in [1.54, 1.807) is 18.5 Å². The Bertz CT molecular complexity index is 784. The summed E-state index contributed by atoms with van der Waals surface area (Å²) in [6, 6.07) is 9.52. The number of hydrogen-bond donors (Lipinski definition) is 1. The summed E-state index contributed by atoms with van der Waals surface area (Å²) in [5.74, 6) is 1.02. The van der Waals surface area contributed by atoms with Gasteiger partial charge in [0, 0.05) is 30.8 Å². The molecule has 3 aromatic rings. The Morgan fingerprint density at radius 3 is 2.65 bits per heavy atom. The molecule has 7 nitrogen and oxygen atoms in total. The highest BCUT2D eigenvalue weighted by Gasteiger charge is 2.11. The summed E-state index contributed by atoms with van der Waals surface area (Å²) < 4.78 is 5.18. The fourth-order valence-electron chi connectivity index (χ4n) is 1.95.